The van der Waals surface area contributed by atoms with Gasteiger partial charge in [0, 0.05) is 0 Å². The van der Waals surface area contributed by atoms with Crippen molar-refractivity contribution >= 4 is 43.8 Å². The van der Waals surface area contributed by atoms with Gasteiger partial charge in [0.25, 0.3) is 0 Å². The van der Waals surface area contributed by atoms with Crippen molar-refractivity contribution in [1.29, 1.82) is 0 Å². The number of nitrogens with zero attached hydrogens (tertiary/aromatic N) is 4. The molecule has 0 bridgehead atoms. The minimum atomic E-state index is -4.79. The van der Waals surface area contributed by atoms with Gasteiger partial charge in [0.05, 0.1) is 12.9 Å². The predicted octanol–water partition coefficient (Wildman–Crippen LogP) is -0.363. The smallest absolute Gasteiger partial charge is 0.387 e. The van der Waals surface area contributed by atoms with Crippen molar-refractivity contribution in [2.75, 3.05) is 12.3 Å². The van der Waals surface area contributed by atoms with Crippen LogP contribution in [0.4, 0.5) is 10.2 Å². The number of hydrogen-bond donors (Lipinski definition) is 4. The maximum atomic E-state index is 14.5. The number of fused-ring (bicyclic) bond motifs is 1. The van der Waals surface area contributed by atoms with Crippen LogP contribution in [0, 0.1) is 0 Å². The third-order valence-corrected chi connectivity index (χ3v) is 6.49. The summed E-state index contributed by atoms with van der Waals surface area (Å²) in [7, 11) is -7.53. The zero-order valence-corrected chi connectivity index (χ0v) is 15.5. The maximum absolute atomic E-state index is 14.5. The SMILES string of the molecule is Nc1ncnc2c1ncn2[C@@H]1O[C@H](CO[PH](=S)OP(=O)(O)O)C(O)[C@@H]1F. The third-order valence-electron chi connectivity index (χ3n) is 3.51. The molecule has 2 aromatic heterocycles. The van der Waals surface area contributed by atoms with E-state index in [0.717, 1.165) is 0 Å². The second-order valence-corrected chi connectivity index (χ2v) is 8.73. The van der Waals surface area contributed by atoms with Crippen molar-refractivity contribution in [2.45, 2.75) is 24.6 Å². The molecular weight excluding hydrogens is 415 g/mol. The molecule has 1 aliphatic rings. The number of anilines is 1. The normalized spacial score (nSPS) is 27.8. The van der Waals surface area contributed by atoms with Crippen LogP contribution in [0.1, 0.15) is 6.23 Å². The van der Waals surface area contributed by atoms with E-state index in [1.54, 1.807) is 0 Å². The molecule has 2 unspecified atom stereocenters. The summed E-state index contributed by atoms with van der Waals surface area (Å²) in [6.07, 6.45) is -3.39. The lowest BCUT2D eigenvalue weighted by molar-refractivity contribution is -0.0403. The number of aliphatic hydroxyl groups excluding tert-OH is 1. The summed E-state index contributed by atoms with van der Waals surface area (Å²) in [4.78, 5) is 29.1. The molecule has 2 aromatic rings. The second kappa shape index (κ2) is 7.50. The van der Waals surface area contributed by atoms with E-state index in [1.807, 2.05) is 0 Å². The average Bonchev–Trinajstić information content (AvgIpc) is 3.08. The molecule has 3 heterocycles. The van der Waals surface area contributed by atoms with Gasteiger partial charge in [-0.25, -0.2) is 28.2 Å². The Morgan fingerprint density at radius 2 is 2.19 bits per heavy atom. The summed E-state index contributed by atoms with van der Waals surface area (Å²) >= 11 is 4.66. The first-order valence-corrected chi connectivity index (χ1v) is 11.0. The first-order chi connectivity index (χ1) is 12.2. The maximum Gasteiger partial charge on any atom is 0.475 e. The minimum absolute atomic E-state index is 0.107. The standard InChI is InChI=1S/C10H14FN5O7P2S/c11-5-7(17)4(1-21-24(26)23-25(18,19)20)22-10(5)16-3-15-6-8(12)13-2-14-9(6)16/h2-5,7,10,17,24H,1H2,(H2,12,13,14)(H2,18,19,20)/t4-,5+,7?,10-/m1/s1. The number of phosphoric acid groups is 1. The largest absolute Gasteiger partial charge is 0.475 e. The summed E-state index contributed by atoms with van der Waals surface area (Å²) < 4.78 is 41.1. The molecule has 1 saturated heterocycles. The summed E-state index contributed by atoms with van der Waals surface area (Å²) in [5.74, 6) is 0.107. The Morgan fingerprint density at radius 3 is 2.88 bits per heavy atom. The second-order valence-electron chi connectivity index (χ2n) is 5.23. The molecule has 5 atom stereocenters. The lowest BCUT2D eigenvalue weighted by atomic mass is 10.1. The fourth-order valence-corrected chi connectivity index (χ4v) is 4.76. The summed E-state index contributed by atoms with van der Waals surface area (Å²) in [5, 5.41) is 10.0. The zero-order chi connectivity index (χ0) is 19.1. The molecular formula is C10H14FN5O7P2S. The highest BCUT2D eigenvalue weighted by Gasteiger charge is 2.46. The fraction of sp³-hybridized carbons (Fsp3) is 0.500. The van der Waals surface area contributed by atoms with Gasteiger partial charge in [0.1, 0.15) is 24.1 Å². The highest BCUT2D eigenvalue weighted by atomic mass is 32.4. The predicted molar refractivity (Wildman–Crippen MR) is 89.3 cm³/mol. The first kappa shape index (κ1) is 19.7. The van der Waals surface area contributed by atoms with Crippen molar-refractivity contribution < 1.29 is 37.4 Å². The Hall–Kier alpha value is -1.08. The van der Waals surface area contributed by atoms with Gasteiger partial charge in [-0.2, -0.15) is 0 Å². The van der Waals surface area contributed by atoms with Gasteiger partial charge in [-0.05, 0) is 11.8 Å². The number of alkyl halides is 1. The van der Waals surface area contributed by atoms with E-state index in [-0.39, 0.29) is 17.0 Å². The summed E-state index contributed by atoms with van der Waals surface area (Å²) in [6.45, 7) is -0.417. The first-order valence-electron chi connectivity index (χ1n) is 7.00. The van der Waals surface area contributed by atoms with E-state index < -0.39 is 46.2 Å². The molecule has 0 radical (unpaired) electrons. The number of hydrogen-bond acceptors (Lipinski definition) is 10. The molecule has 1 aliphatic heterocycles. The van der Waals surface area contributed by atoms with Gasteiger partial charge in [0.15, 0.2) is 31.0 Å². The molecule has 144 valence electrons. The monoisotopic (exact) mass is 429 g/mol. The van der Waals surface area contributed by atoms with E-state index in [9.17, 15) is 14.1 Å². The molecule has 12 nitrogen and oxygen atoms in total. The van der Waals surface area contributed by atoms with Crippen LogP contribution in [-0.2, 0) is 29.9 Å². The number of rotatable bonds is 6. The molecule has 0 amide bonds. The van der Waals surface area contributed by atoms with Crippen LogP contribution >= 0.6 is 15.0 Å². The van der Waals surface area contributed by atoms with E-state index in [4.69, 9.17) is 24.8 Å². The zero-order valence-electron chi connectivity index (χ0n) is 12.7. The van der Waals surface area contributed by atoms with Gasteiger partial charge < -0.3 is 29.9 Å². The Bertz CT molecular complexity index is 881. The van der Waals surface area contributed by atoms with Crippen LogP contribution in [0.15, 0.2) is 12.7 Å². The number of halogens is 1. The van der Waals surface area contributed by atoms with Crippen molar-refractivity contribution in [1.82, 2.24) is 19.5 Å². The summed E-state index contributed by atoms with van der Waals surface area (Å²) in [6, 6.07) is 0. The average molecular weight is 429 g/mol. The van der Waals surface area contributed by atoms with Gasteiger partial charge in [-0.3, -0.25) is 4.57 Å². The number of imidazole rings is 1. The number of nitrogens with two attached hydrogens (primary N) is 1. The number of aromatic nitrogens is 4. The van der Waals surface area contributed by atoms with Gasteiger partial charge in [-0.1, -0.05) is 0 Å². The molecule has 5 N–H and O–H groups in total. The summed E-state index contributed by atoms with van der Waals surface area (Å²) in [5.41, 5.74) is 6.14. The van der Waals surface area contributed by atoms with Crippen LogP contribution in [0.2, 0.25) is 0 Å². The van der Waals surface area contributed by atoms with E-state index in [2.05, 4.69) is 31.1 Å². The molecule has 0 aliphatic carbocycles. The van der Waals surface area contributed by atoms with Crippen molar-refractivity contribution in [2.24, 2.45) is 0 Å². The van der Waals surface area contributed by atoms with E-state index in [1.165, 1.54) is 17.2 Å². The van der Waals surface area contributed by atoms with Crippen LogP contribution in [0.5, 0.6) is 0 Å². The van der Waals surface area contributed by atoms with Crippen LogP contribution < -0.4 is 5.73 Å². The highest BCUT2D eigenvalue weighted by Crippen LogP contribution is 2.48. The molecule has 26 heavy (non-hydrogen) atoms. The van der Waals surface area contributed by atoms with Crippen molar-refractivity contribution in [3.63, 3.8) is 0 Å². The number of nitrogen functional groups attached to an aromatic ring is 1. The lowest BCUT2D eigenvalue weighted by Crippen LogP contribution is -2.31. The molecule has 1 fully saturated rings. The van der Waals surface area contributed by atoms with Crippen molar-refractivity contribution in [3.05, 3.63) is 12.7 Å². The van der Waals surface area contributed by atoms with Gasteiger partial charge in [0.2, 0.25) is 0 Å². The Kier molecular flexibility index (Phi) is 5.68. The van der Waals surface area contributed by atoms with Crippen LogP contribution in [0.3, 0.4) is 0 Å². The third kappa shape index (κ3) is 4.09. The van der Waals surface area contributed by atoms with E-state index >= 15 is 0 Å². The Morgan fingerprint density at radius 1 is 1.46 bits per heavy atom. The molecule has 0 aromatic carbocycles. The Labute approximate surface area is 150 Å². The number of ether oxygens (including phenoxy) is 1. The molecule has 3 rings (SSSR count). The topological polar surface area (TPSA) is 175 Å². The number of aliphatic hydroxyl groups is 1. The fourth-order valence-electron chi connectivity index (χ4n) is 2.40. The van der Waals surface area contributed by atoms with Gasteiger partial charge in [-0.15, -0.1) is 0 Å². The van der Waals surface area contributed by atoms with Gasteiger partial charge >= 0.3 is 7.82 Å². The van der Waals surface area contributed by atoms with E-state index in [0.29, 0.717) is 0 Å². The quantitative estimate of drug-likeness (QED) is 0.439. The Balaban J connectivity index is 1.72. The molecule has 0 spiro atoms. The highest BCUT2D eigenvalue weighted by molar-refractivity contribution is 8.02. The molecule has 0 saturated carbocycles. The van der Waals surface area contributed by atoms with Crippen molar-refractivity contribution in [3.8, 4) is 0 Å². The minimum Gasteiger partial charge on any atom is -0.387 e. The van der Waals surface area contributed by atoms with Crippen LogP contribution in [0.25, 0.3) is 11.2 Å². The lowest BCUT2D eigenvalue weighted by Gasteiger charge is -2.16. The molecule has 16 heteroatoms. The van der Waals surface area contributed by atoms with Crippen LogP contribution in [-0.4, -0.2) is 59.4 Å².